The fourth-order valence-electron chi connectivity index (χ4n) is 8.90. The Morgan fingerprint density at radius 3 is 1.95 bits per heavy atom. The maximum Gasteiger partial charge on any atom is 0.135 e. The normalized spacial score (nSPS) is 13.0. The minimum atomic E-state index is -0.0372. The van der Waals surface area contributed by atoms with Gasteiger partial charge in [0.05, 0.1) is 0 Å². The van der Waals surface area contributed by atoms with Crippen LogP contribution in [0.5, 0.6) is 11.5 Å². The third kappa shape index (κ3) is 8.46. The van der Waals surface area contributed by atoms with E-state index in [0.717, 1.165) is 56.1 Å². The average molecular weight is 1040 g/mol. The van der Waals surface area contributed by atoms with Crippen LogP contribution in [0.3, 0.4) is 0 Å². The van der Waals surface area contributed by atoms with Crippen molar-refractivity contribution in [2.75, 3.05) is 9.80 Å². The number of ether oxygens (including phenoxy) is 1. The topological polar surface area (TPSA) is 33.5 Å². The van der Waals surface area contributed by atoms with Crippen LogP contribution in [0.4, 0.5) is 22.7 Å². The van der Waals surface area contributed by atoms with Gasteiger partial charge in [0.1, 0.15) is 5.82 Å². The van der Waals surface area contributed by atoms with Gasteiger partial charge in [-0.2, -0.15) is 12.1 Å². The second kappa shape index (κ2) is 17.1. The van der Waals surface area contributed by atoms with Crippen LogP contribution in [0.1, 0.15) is 79.0 Å². The number of benzene rings is 7. The van der Waals surface area contributed by atoms with Crippen LogP contribution in [-0.4, -0.2) is 9.55 Å². The summed E-state index contributed by atoms with van der Waals surface area (Å²) in [6.07, 6.45) is 1.92. The molecule has 2 aromatic heterocycles. The van der Waals surface area contributed by atoms with Crippen LogP contribution in [0.2, 0.25) is 0 Å². The van der Waals surface area contributed by atoms with E-state index < -0.39 is 0 Å². The van der Waals surface area contributed by atoms with Gasteiger partial charge in [0.2, 0.25) is 0 Å². The monoisotopic (exact) mass is 1040 g/mol. The molecule has 0 aliphatic carbocycles. The molecule has 3 heterocycles. The third-order valence-electron chi connectivity index (χ3n) is 12.6. The first-order valence-corrected chi connectivity index (χ1v) is 22.6. The number of hydrogen-bond donors (Lipinski definition) is 0. The van der Waals surface area contributed by atoms with Crippen LogP contribution >= 0.6 is 0 Å². The Kier molecular flexibility index (Phi) is 11.6. The summed E-state index contributed by atoms with van der Waals surface area (Å²) in [4.78, 5) is 9.47. The number of rotatable bonds is 7. The van der Waals surface area contributed by atoms with Gasteiger partial charge in [-0.15, -0.1) is 48.1 Å². The summed E-state index contributed by atoms with van der Waals surface area (Å²) >= 11 is 0. The molecule has 0 saturated heterocycles. The van der Waals surface area contributed by atoms with Crippen molar-refractivity contribution < 1.29 is 25.8 Å². The zero-order chi connectivity index (χ0) is 45.3. The maximum absolute atomic E-state index is 6.73. The molecule has 1 aliphatic heterocycles. The molecule has 0 spiro atoms. The Morgan fingerprint density at radius 1 is 0.515 bits per heavy atom. The Balaban J connectivity index is 0.00000548. The van der Waals surface area contributed by atoms with E-state index in [1.165, 1.54) is 33.2 Å². The van der Waals surface area contributed by atoms with E-state index in [-0.39, 0.29) is 37.3 Å². The molecule has 0 radical (unpaired) electrons. The number of fused-ring (bicyclic) bond motifs is 4. The molecule has 1 aliphatic rings. The van der Waals surface area contributed by atoms with E-state index in [1.807, 2.05) is 24.4 Å². The molecule has 0 amide bonds. The first kappa shape index (κ1) is 44.8. The summed E-state index contributed by atoms with van der Waals surface area (Å²) in [6.45, 7) is 22.5. The van der Waals surface area contributed by atoms with E-state index in [0.29, 0.717) is 11.5 Å². The second-order valence-corrected chi connectivity index (χ2v) is 20.3. The molecule has 334 valence electrons. The molecular weight excluding hydrogens is 988 g/mol. The van der Waals surface area contributed by atoms with Gasteiger partial charge in [-0.1, -0.05) is 153 Å². The van der Waals surface area contributed by atoms with Gasteiger partial charge < -0.3 is 19.1 Å². The van der Waals surface area contributed by atoms with Crippen molar-refractivity contribution in [3.8, 4) is 39.6 Å². The fraction of sp³-hybridized carbons (Fsp3) is 0.200. The fourth-order valence-corrected chi connectivity index (χ4v) is 8.90. The van der Waals surface area contributed by atoms with E-state index in [2.05, 4.69) is 235 Å². The van der Waals surface area contributed by atoms with E-state index >= 15 is 0 Å². The van der Waals surface area contributed by atoms with Gasteiger partial charge in [-0.05, 0) is 97.5 Å². The molecule has 66 heavy (non-hydrogen) atoms. The summed E-state index contributed by atoms with van der Waals surface area (Å²) in [5.41, 5.74) is 14.5. The number of aromatic nitrogens is 2. The molecule has 0 fully saturated rings. The number of nitrogens with zero attached hydrogens (tertiary/aromatic N) is 4. The van der Waals surface area contributed by atoms with E-state index in [4.69, 9.17) is 9.72 Å². The first-order chi connectivity index (χ1) is 31.1. The zero-order valence-electron chi connectivity index (χ0n) is 39.2. The summed E-state index contributed by atoms with van der Waals surface area (Å²) in [5.74, 6) is 2.05. The van der Waals surface area contributed by atoms with Crippen molar-refractivity contribution in [2.45, 2.75) is 78.6 Å². The summed E-state index contributed by atoms with van der Waals surface area (Å²) < 4.78 is 8.96. The third-order valence-corrected chi connectivity index (χ3v) is 12.6. The first-order valence-electron chi connectivity index (χ1n) is 22.6. The van der Waals surface area contributed by atoms with Gasteiger partial charge >= 0.3 is 0 Å². The van der Waals surface area contributed by atoms with Crippen LogP contribution in [-0.2, 0) is 37.3 Å². The molecule has 0 unspecified atom stereocenters. The van der Waals surface area contributed by atoms with Crippen LogP contribution < -0.4 is 14.5 Å². The van der Waals surface area contributed by atoms with Gasteiger partial charge in [0.15, 0.2) is 0 Å². The quantitative estimate of drug-likeness (QED) is 0.149. The van der Waals surface area contributed by atoms with Crippen molar-refractivity contribution in [3.05, 3.63) is 199 Å². The second-order valence-electron chi connectivity index (χ2n) is 20.3. The molecule has 5 nitrogen and oxygen atoms in total. The predicted molar refractivity (Wildman–Crippen MR) is 271 cm³/mol. The Bertz CT molecular complexity index is 3240. The maximum atomic E-state index is 6.73. The minimum absolute atomic E-state index is 0. The molecule has 9 aromatic rings. The zero-order valence-corrected chi connectivity index (χ0v) is 41.5. The molecule has 10 rings (SSSR count). The molecule has 0 atom stereocenters. The van der Waals surface area contributed by atoms with Gasteiger partial charge in [-0.3, -0.25) is 0 Å². The number of pyridine rings is 1. The predicted octanol–water partition coefficient (Wildman–Crippen LogP) is 16.2. The summed E-state index contributed by atoms with van der Waals surface area (Å²) in [7, 11) is 0. The van der Waals surface area contributed by atoms with Gasteiger partial charge in [0, 0.05) is 66.9 Å². The standard InChI is InChI=1S/C60H55N4O.Pt/c1-58(2,3)43-21-14-22-46(34-43)63-39-62(54-26-16-25-50(57(54)63)42-20-13-19-41(33-42)40-17-11-10-12-18-40)47-23-15-24-48(37-47)65-49-28-29-51-52-35-44(59(4,5)6)27-30-53(52)64(55(51)38-49)56-36-45(31-32-61-56)60(7,8)9;/h10-36,39H,1-9H3;/q-3;. The Morgan fingerprint density at radius 2 is 1.18 bits per heavy atom. The Hall–Kier alpha value is -6.42. The van der Waals surface area contributed by atoms with Crippen molar-refractivity contribution in [1.82, 2.24) is 9.55 Å². The smallest absolute Gasteiger partial charge is 0.135 e. The largest absolute Gasteiger partial charge is 0.509 e. The van der Waals surface area contributed by atoms with Crippen molar-refractivity contribution in [2.24, 2.45) is 0 Å². The average Bonchev–Trinajstić information content (AvgIpc) is 3.85. The van der Waals surface area contributed by atoms with Crippen LogP contribution in [0.15, 0.2) is 164 Å². The van der Waals surface area contributed by atoms with Gasteiger partial charge in [0.25, 0.3) is 0 Å². The van der Waals surface area contributed by atoms with Crippen molar-refractivity contribution in [3.63, 3.8) is 0 Å². The van der Waals surface area contributed by atoms with Crippen LogP contribution in [0.25, 0.3) is 49.9 Å². The minimum Gasteiger partial charge on any atom is -0.509 e. The molecule has 7 aromatic carbocycles. The van der Waals surface area contributed by atoms with E-state index in [9.17, 15) is 0 Å². The number of para-hydroxylation sites is 1. The van der Waals surface area contributed by atoms with Crippen LogP contribution in [0, 0.1) is 18.8 Å². The van der Waals surface area contributed by atoms with Gasteiger partial charge in [-0.25, -0.2) is 4.98 Å². The summed E-state index contributed by atoms with van der Waals surface area (Å²) in [5, 5.41) is 2.27. The molecule has 0 saturated carbocycles. The molecule has 0 bridgehead atoms. The Labute approximate surface area is 405 Å². The summed E-state index contributed by atoms with van der Waals surface area (Å²) in [6, 6.07) is 63.6. The van der Waals surface area contributed by atoms with E-state index in [1.54, 1.807) is 0 Å². The van der Waals surface area contributed by atoms with Crippen molar-refractivity contribution >= 4 is 44.6 Å². The SMILES string of the molecule is CC(C)(C)c1cccc(N2[CH-]N(c3[c-]c(Oc4[c-]c5c(cc4)c4cc(C(C)(C)C)ccc4n5-c4cc(C(C)(C)C)ccn4)ccc3)c3cccc(-c4cccc(-c5ccccc5)c4)c32)c1.[Pt]. The molecular formula is C60H55N4OPt-3. The number of hydrogen-bond acceptors (Lipinski definition) is 4. The molecule has 0 N–H and O–H groups in total. The number of anilines is 4. The molecule has 6 heteroatoms. The van der Waals surface area contributed by atoms with Crippen molar-refractivity contribution in [1.29, 1.82) is 0 Å².